The van der Waals surface area contributed by atoms with E-state index in [1.807, 2.05) is 32.9 Å². The van der Waals surface area contributed by atoms with Gasteiger partial charge in [0.2, 0.25) is 0 Å². The SMILES string of the molecule is Cc1ccc(C(CNC(=O)c2cnn(-c3ccc(C(F)(F)F)cn3)c2C(C)C)N2CCOCC2)o1. The quantitative estimate of drug-likeness (QED) is 0.535. The summed E-state index contributed by atoms with van der Waals surface area (Å²) in [5.74, 6) is 1.30. The summed E-state index contributed by atoms with van der Waals surface area (Å²) in [6.45, 7) is 8.60. The fraction of sp³-hybridized carbons (Fsp3) is 0.458. The zero-order valence-corrected chi connectivity index (χ0v) is 19.8. The molecule has 4 heterocycles. The summed E-state index contributed by atoms with van der Waals surface area (Å²) < 4.78 is 51.5. The van der Waals surface area contributed by atoms with Crippen LogP contribution < -0.4 is 5.32 Å². The summed E-state index contributed by atoms with van der Waals surface area (Å²) in [7, 11) is 0. The molecule has 1 N–H and O–H groups in total. The van der Waals surface area contributed by atoms with Gasteiger partial charge in [-0.3, -0.25) is 9.69 Å². The lowest BCUT2D eigenvalue weighted by Crippen LogP contribution is -2.43. The third-order valence-corrected chi connectivity index (χ3v) is 5.92. The van der Waals surface area contributed by atoms with Crippen molar-refractivity contribution in [1.29, 1.82) is 0 Å². The van der Waals surface area contributed by atoms with Gasteiger partial charge in [0, 0.05) is 25.8 Å². The summed E-state index contributed by atoms with van der Waals surface area (Å²) >= 11 is 0. The van der Waals surface area contributed by atoms with Crippen LogP contribution in [0.15, 0.2) is 41.1 Å². The van der Waals surface area contributed by atoms with Crippen molar-refractivity contribution in [2.24, 2.45) is 0 Å². The van der Waals surface area contributed by atoms with E-state index >= 15 is 0 Å². The van der Waals surface area contributed by atoms with Crippen LogP contribution in [-0.4, -0.2) is 58.4 Å². The molecule has 1 amide bonds. The number of alkyl halides is 3. The van der Waals surface area contributed by atoms with Gasteiger partial charge < -0.3 is 14.5 Å². The zero-order valence-electron chi connectivity index (χ0n) is 19.8. The number of hydrogen-bond acceptors (Lipinski definition) is 6. The van der Waals surface area contributed by atoms with Crippen molar-refractivity contribution in [2.45, 2.75) is 38.9 Å². The number of carbonyl (C=O) groups is 1. The topological polar surface area (TPSA) is 85.4 Å². The summed E-state index contributed by atoms with van der Waals surface area (Å²) in [6.07, 6.45) is -2.30. The molecule has 1 fully saturated rings. The maximum Gasteiger partial charge on any atom is 0.417 e. The third kappa shape index (κ3) is 5.57. The van der Waals surface area contributed by atoms with Crippen LogP contribution in [0.2, 0.25) is 0 Å². The Kier molecular flexibility index (Phi) is 7.27. The predicted octanol–water partition coefficient (Wildman–Crippen LogP) is 4.11. The fourth-order valence-electron chi connectivity index (χ4n) is 4.17. The normalized spacial score (nSPS) is 16.0. The number of nitrogens with one attached hydrogen (secondary N) is 1. The third-order valence-electron chi connectivity index (χ3n) is 5.92. The number of halogens is 3. The molecule has 3 aromatic heterocycles. The fourth-order valence-corrected chi connectivity index (χ4v) is 4.17. The molecule has 1 unspecified atom stereocenters. The molecule has 11 heteroatoms. The Morgan fingerprint density at radius 3 is 2.46 bits per heavy atom. The highest BCUT2D eigenvalue weighted by atomic mass is 19.4. The first-order chi connectivity index (χ1) is 16.6. The minimum absolute atomic E-state index is 0.134. The number of nitrogens with zero attached hydrogens (tertiary/aromatic N) is 4. The molecule has 0 aromatic carbocycles. The number of hydrogen-bond donors (Lipinski definition) is 1. The van der Waals surface area contributed by atoms with Crippen LogP contribution in [0.5, 0.6) is 0 Å². The van der Waals surface area contributed by atoms with Crippen LogP contribution in [0.1, 0.15) is 58.9 Å². The van der Waals surface area contributed by atoms with E-state index in [1.165, 1.54) is 16.9 Å². The second-order valence-corrected chi connectivity index (χ2v) is 8.74. The molecule has 4 rings (SSSR count). The van der Waals surface area contributed by atoms with Gasteiger partial charge in [0.05, 0.1) is 42.3 Å². The summed E-state index contributed by atoms with van der Waals surface area (Å²) in [4.78, 5) is 19.4. The number of ether oxygens (including phenoxy) is 1. The van der Waals surface area contributed by atoms with Gasteiger partial charge >= 0.3 is 6.18 Å². The molecule has 1 atom stereocenters. The molecule has 0 saturated carbocycles. The first kappa shape index (κ1) is 24.9. The van der Waals surface area contributed by atoms with Gasteiger partial charge in [-0.15, -0.1) is 0 Å². The monoisotopic (exact) mass is 491 g/mol. The van der Waals surface area contributed by atoms with E-state index < -0.39 is 11.7 Å². The average molecular weight is 492 g/mol. The minimum Gasteiger partial charge on any atom is -0.465 e. The Balaban J connectivity index is 1.55. The second-order valence-electron chi connectivity index (χ2n) is 8.74. The maximum atomic E-state index is 13.2. The van der Waals surface area contributed by atoms with Crippen LogP contribution >= 0.6 is 0 Å². The number of rotatable bonds is 7. The van der Waals surface area contributed by atoms with E-state index in [2.05, 4.69) is 20.3 Å². The van der Waals surface area contributed by atoms with Crippen molar-refractivity contribution in [3.8, 4) is 5.82 Å². The van der Waals surface area contributed by atoms with Gasteiger partial charge in [-0.1, -0.05) is 13.8 Å². The lowest BCUT2D eigenvalue weighted by Gasteiger charge is -2.33. The smallest absolute Gasteiger partial charge is 0.417 e. The Bertz CT molecular complexity index is 1150. The van der Waals surface area contributed by atoms with Gasteiger partial charge in [0.25, 0.3) is 5.91 Å². The van der Waals surface area contributed by atoms with Crippen molar-refractivity contribution in [3.05, 3.63) is 65.0 Å². The van der Waals surface area contributed by atoms with Gasteiger partial charge in [0.1, 0.15) is 11.5 Å². The number of furan rings is 1. The summed E-state index contributed by atoms with van der Waals surface area (Å²) in [6, 6.07) is 5.84. The number of amides is 1. The molecule has 0 aliphatic carbocycles. The molecule has 35 heavy (non-hydrogen) atoms. The Morgan fingerprint density at radius 1 is 1.14 bits per heavy atom. The zero-order chi connectivity index (χ0) is 25.2. The van der Waals surface area contributed by atoms with Crippen LogP contribution in [0.4, 0.5) is 13.2 Å². The van der Waals surface area contributed by atoms with Crippen LogP contribution in [0.25, 0.3) is 5.82 Å². The molecule has 8 nitrogen and oxygen atoms in total. The Morgan fingerprint density at radius 2 is 1.89 bits per heavy atom. The molecular formula is C24H28F3N5O3. The summed E-state index contributed by atoms with van der Waals surface area (Å²) in [5, 5.41) is 7.25. The van der Waals surface area contributed by atoms with E-state index in [4.69, 9.17) is 9.15 Å². The van der Waals surface area contributed by atoms with Crippen LogP contribution in [0.3, 0.4) is 0 Å². The van der Waals surface area contributed by atoms with Crippen molar-refractivity contribution in [1.82, 2.24) is 25.0 Å². The Hall–Kier alpha value is -3.18. The molecular weight excluding hydrogens is 463 g/mol. The first-order valence-corrected chi connectivity index (χ1v) is 11.4. The van der Waals surface area contributed by atoms with Crippen LogP contribution in [-0.2, 0) is 10.9 Å². The van der Waals surface area contributed by atoms with Crippen LogP contribution in [0, 0.1) is 6.92 Å². The number of aromatic nitrogens is 3. The molecule has 188 valence electrons. The van der Waals surface area contributed by atoms with E-state index in [9.17, 15) is 18.0 Å². The number of aryl methyl sites for hydroxylation is 1. The maximum absolute atomic E-state index is 13.2. The van der Waals surface area contributed by atoms with Crippen molar-refractivity contribution < 1.29 is 27.1 Å². The average Bonchev–Trinajstić information content (AvgIpc) is 3.46. The highest BCUT2D eigenvalue weighted by Gasteiger charge is 2.31. The minimum atomic E-state index is -4.48. The molecule has 0 bridgehead atoms. The highest BCUT2D eigenvalue weighted by Crippen LogP contribution is 2.30. The van der Waals surface area contributed by atoms with Gasteiger partial charge in [-0.05, 0) is 37.1 Å². The number of carbonyl (C=O) groups excluding carboxylic acids is 1. The van der Waals surface area contributed by atoms with E-state index in [1.54, 1.807) is 0 Å². The van der Waals surface area contributed by atoms with Crippen molar-refractivity contribution in [2.75, 3.05) is 32.8 Å². The highest BCUT2D eigenvalue weighted by molar-refractivity contribution is 5.95. The number of pyridine rings is 1. The first-order valence-electron chi connectivity index (χ1n) is 11.4. The van der Waals surface area contributed by atoms with Gasteiger partial charge in [-0.2, -0.15) is 18.3 Å². The lowest BCUT2D eigenvalue weighted by molar-refractivity contribution is -0.137. The molecule has 0 radical (unpaired) electrons. The van der Waals surface area contributed by atoms with Gasteiger partial charge in [0.15, 0.2) is 5.82 Å². The largest absolute Gasteiger partial charge is 0.465 e. The van der Waals surface area contributed by atoms with Gasteiger partial charge in [-0.25, -0.2) is 9.67 Å². The van der Waals surface area contributed by atoms with Crippen molar-refractivity contribution in [3.63, 3.8) is 0 Å². The molecule has 1 aliphatic heterocycles. The van der Waals surface area contributed by atoms with E-state index in [0.717, 1.165) is 36.9 Å². The number of morpholine rings is 1. The van der Waals surface area contributed by atoms with E-state index in [-0.39, 0.29) is 23.7 Å². The Labute approximate surface area is 201 Å². The summed E-state index contributed by atoms with van der Waals surface area (Å²) in [5.41, 5.74) is 0.0596. The molecule has 0 spiro atoms. The molecule has 3 aromatic rings. The molecule has 1 saturated heterocycles. The lowest BCUT2D eigenvalue weighted by atomic mass is 10.0. The molecule has 1 aliphatic rings. The predicted molar refractivity (Wildman–Crippen MR) is 121 cm³/mol. The standard InChI is InChI=1S/C24H28F3N5O3/c1-15(2)22-18(13-30-32(22)21-7-5-17(12-28-21)24(25,26)27)23(33)29-14-19(20-6-4-16(3)35-20)31-8-10-34-11-9-31/h4-7,12-13,15,19H,8-11,14H2,1-3H3,(H,29,33). The van der Waals surface area contributed by atoms with E-state index in [0.29, 0.717) is 31.0 Å². The van der Waals surface area contributed by atoms with Crippen molar-refractivity contribution >= 4 is 5.91 Å². The second kappa shape index (κ2) is 10.2.